The molecule has 0 radical (unpaired) electrons. The fourth-order valence-electron chi connectivity index (χ4n) is 9.22. The minimum Gasteiger partial charge on any atom is -0.508 e. The van der Waals surface area contributed by atoms with Gasteiger partial charge < -0.3 is 67.6 Å². The molecule has 1 saturated heterocycles. The zero-order valence-electron chi connectivity index (χ0n) is 65.4. The first kappa shape index (κ1) is 103. The van der Waals surface area contributed by atoms with Crippen LogP contribution in [0, 0.1) is 0 Å². The number of aromatic hydroxyl groups is 1. The second-order valence-corrected chi connectivity index (χ2v) is 31.2. The fraction of sp³-hybridized carbons (Fsp3) is 0.500. The van der Waals surface area contributed by atoms with Gasteiger partial charge in [-0.2, -0.15) is 0 Å². The zero-order valence-corrected chi connectivity index (χ0v) is 74.9. The summed E-state index contributed by atoms with van der Waals surface area (Å²) in [6.07, 6.45) is 18.5. The number of carboxylic acids is 3. The molecule has 0 aliphatic carbocycles. The number of carboxylic acid groups (broad SMARTS) is 3. The van der Waals surface area contributed by atoms with Gasteiger partial charge in [0.15, 0.2) is 0 Å². The summed E-state index contributed by atoms with van der Waals surface area (Å²) in [7, 11) is -0.361. The van der Waals surface area contributed by atoms with Gasteiger partial charge in [-0.25, -0.2) is 0 Å². The van der Waals surface area contributed by atoms with Crippen molar-refractivity contribution in [1.29, 1.82) is 0 Å². The molecule has 1 heterocycles. The lowest BCUT2D eigenvalue weighted by Crippen LogP contribution is -2.41. The van der Waals surface area contributed by atoms with Gasteiger partial charge in [-0.15, -0.1) is 0 Å². The first-order valence-corrected chi connectivity index (χ1v) is 42.9. The van der Waals surface area contributed by atoms with Crippen LogP contribution < -0.4 is 29.1 Å². The number of phenols is 1. The molecule has 4 N–H and O–H groups in total. The van der Waals surface area contributed by atoms with Crippen LogP contribution in [0.4, 0.5) is 0 Å². The number of benzene rings is 6. The molecule has 0 unspecified atom stereocenters. The van der Waals surface area contributed by atoms with Crippen molar-refractivity contribution in [1.82, 2.24) is 0 Å². The van der Waals surface area contributed by atoms with Crippen molar-refractivity contribution in [2.75, 3.05) is 58.2 Å². The number of ether oxygens (including phenoxy) is 8. The number of hydrogen-bond acceptors (Lipinski definition) is 17. The summed E-state index contributed by atoms with van der Waals surface area (Å²) in [6.45, 7) is 18.3. The topological polar surface area (TPSA) is 276 Å². The Bertz CT molecular complexity index is 3210. The molecule has 0 atom stereocenters. The van der Waals surface area contributed by atoms with Gasteiger partial charge in [0.1, 0.15) is 34.5 Å². The minimum atomic E-state index is -0.741. The lowest BCUT2D eigenvalue weighted by Gasteiger charge is -2.32. The molecule has 111 heavy (non-hydrogen) atoms. The van der Waals surface area contributed by atoms with Crippen molar-refractivity contribution < 1.29 is 96.4 Å². The number of phenolic OH excluding ortho intramolecular Hbond substituents is 1. The van der Waals surface area contributed by atoms with Crippen molar-refractivity contribution in [2.24, 2.45) is 0 Å². The van der Waals surface area contributed by atoms with E-state index in [1.54, 1.807) is 24.3 Å². The molecule has 0 aromatic heterocycles. The van der Waals surface area contributed by atoms with Crippen LogP contribution in [-0.4, -0.2) is 133 Å². The summed E-state index contributed by atoms with van der Waals surface area (Å²) in [5, 5.41) is 35.2. The normalized spacial score (nSPS) is 11.8. The Morgan fingerprint density at radius 1 is 0.324 bits per heavy atom. The highest BCUT2D eigenvalue weighted by Crippen LogP contribution is 2.37. The van der Waals surface area contributed by atoms with Crippen LogP contribution in [-0.2, 0) is 52.3 Å². The number of unbranched alkanes of at least 4 members (excludes halogenated alkanes) is 12. The van der Waals surface area contributed by atoms with Crippen LogP contribution in [0.1, 0.15) is 203 Å². The predicted octanol–water partition coefficient (Wildman–Crippen LogP) is 22.5. The quantitative estimate of drug-likeness (QED) is 0.00909. The van der Waals surface area contributed by atoms with Crippen molar-refractivity contribution in [3.63, 3.8) is 0 Å². The Kier molecular flexibility index (Phi) is 60.3. The van der Waals surface area contributed by atoms with E-state index in [0.717, 1.165) is 171 Å². The monoisotopic (exact) mass is 1930 g/mol. The molecule has 0 bridgehead atoms. The number of esters is 3. The van der Waals surface area contributed by atoms with E-state index in [1.807, 2.05) is 170 Å². The van der Waals surface area contributed by atoms with E-state index < -0.39 is 17.9 Å². The van der Waals surface area contributed by atoms with E-state index in [0.29, 0.717) is 84.3 Å². The molecule has 1 aliphatic heterocycles. The lowest BCUT2D eigenvalue weighted by molar-refractivity contribution is -0.144. The van der Waals surface area contributed by atoms with Gasteiger partial charge in [0.2, 0.25) is 0 Å². The smallest absolute Gasteiger partial charge is 0.494 e. The van der Waals surface area contributed by atoms with Gasteiger partial charge in [-0.1, -0.05) is 114 Å². The molecule has 7 rings (SSSR count). The molecule has 6 aromatic rings. The largest absolute Gasteiger partial charge is 0.508 e. The minimum absolute atomic E-state index is 0.0675. The highest BCUT2D eigenvalue weighted by molar-refractivity contribution is 9.11. The summed E-state index contributed by atoms with van der Waals surface area (Å²) < 4.78 is 59.5. The fourth-order valence-corrected chi connectivity index (χ4v) is 10.9. The Morgan fingerprint density at radius 2 is 0.541 bits per heavy atom. The van der Waals surface area contributed by atoms with Crippen LogP contribution >= 0.6 is 95.6 Å². The molecule has 1 aliphatic rings. The third-order valence-electron chi connectivity index (χ3n) is 15.9. The number of carbonyl (C=O) groups excluding carboxylic acids is 3. The van der Waals surface area contributed by atoms with Crippen LogP contribution in [0.2, 0.25) is 0 Å². The van der Waals surface area contributed by atoms with Crippen LogP contribution in [0.15, 0.2) is 168 Å². The van der Waals surface area contributed by atoms with Gasteiger partial charge in [0.05, 0.1) is 64.1 Å². The number of halogens is 6. The van der Waals surface area contributed by atoms with Crippen LogP contribution in [0.25, 0.3) is 0 Å². The standard InChI is InChI=1S/C18H27BO5.2C14H19BrO3.2C12H15BrO3.C8H15BrO2.C6H5BrO/c1-17(2)18(3,4)24-19(23-17)14-9-11-15(12-10-14)22-13-7-5-6-8-16(20)21;2*1-2-17-14(16)6-4-3-5-11-18-13-9-7-12(15)8-10-13;2*13-10-5-7-11(8-6-10)16-9-3-1-2-4-12(14)15;1-2-11-8(10)6-4-3-5-7-9;7-5-1-3-6(8)4-2-5/h9-12H,5-8,13H2,1-4H3,(H,20,21);2*7-10H,2-6,11H2,1H3;2*5-8H,1-4,9H2,(H,14,15);2-7H2,1H3;1-4,8H. The summed E-state index contributed by atoms with van der Waals surface area (Å²) in [6, 6.07) is 45.5. The number of aliphatic carboxylic acids is 3. The molecular formula is C84H115BBr6O20. The average molecular weight is 1940 g/mol. The third kappa shape index (κ3) is 57.5. The Morgan fingerprint density at radius 3 is 0.757 bits per heavy atom. The molecule has 0 spiro atoms. The zero-order chi connectivity index (χ0) is 82.3. The number of carbonyl (C=O) groups is 6. The second-order valence-electron chi connectivity index (χ2n) is 25.8. The number of rotatable bonds is 44. The predicted molar refractivity (Wildman–Crippen MR) is 459 cm³/mol. The first-order valence-electron chi connectivity index (χ1n) is 37.9. The van der Waals surface area contributed by atoms with Gasteiger partial charge in [0.25, 0.3) is 0 Å². The van der Waals surface area contributed by atoms with Crippen molar-refractivity contribution in [2.45, 2.75) is 214 Å². The van der Waals surface area contributed by atoms with Crippen molar-refractivity contribution in [3.8, 4) is 34.5 Å². The molecule has 0 saturated carbocycles. The molecular weight excluding hydrogens is 1820 g/mol. The van der Waals surface area contributed by atoms with E-state index in [1.165, 1.54) is 0 Å². The van der Waals surface area contributed by atoms with Gasteiger partial charge in [-0.3, -0.25) is 28.8 Å². The molecule has 27 heteroatoms. The second kappa shape index (κ2) is 65.1. The Labute approximate surface area is 709 Å². The number of alkyl halides is 1. The molecule has 1 fully saturated rings. The molecule has 6 aromatic carbocycles. The van der Waals surface area contributed by atoms with Crippen LogP contribution in [0.5, 0.6) is 34.5 Å². The van der Waals surface area contributed by atoms with Crippen molar-refractivity contribution >= 4 is 144 Å². The highest BCUT2D eigenvalue weighted by Gasteiger charge is 2.51. The summed E-state index contributed by atoms with van der Waals surface area (Å²) in [5.41, 5.74) is 0.286. The Hall–Kier alpha value is -6.20. The summed E-state index contributed by atoms with van der Waals surface area (Å²) in [5.74, 6) is 2.08. The Balaban J connectivity index is 0.000000660. The lowest BCUT2D eigenvalue weighted by atomic mass is 9.79. The number of hydrogen-bond donors (Lipinski definition) is 4. The maximum absolute atomic E-state index is 11.1. The third-order valence-corrected chi connectivity index (χ3v) is 19.1. The van der Waals surface area contributed by atoms with E-state index in [-0.39, 0.29) is 55.5 Å². The highest BCUT2D eigenvalue weighted by atomic mass is 79.9. The van der Waals surface area contributed by atoms with E-state index in [2.05, 4.69) is 95.6 Å². The van der Waals surface area contributed by atoms with Crippen molar-refractivity contribution in [3.05, 3.63) is 168 Å². The molecule has 616 valence electrons. The van der Waals surface area contributed by atoms with Gasteiger partial charge >= 0.3 is 42.9 Å². The molecule has 0 amide bonds. The van der Waals surface area contributed by atoms with Gasteiger partial charge in [0, 0.05) is 66.2 Å². The summed E-state index contributed by atoms with van der Waals surface area (Å²) >= 11 is 20.0. The van der Waals surface area contributed by atoms with Gasteiger partial charge in [-0.05, 0) is 297 Å². The first-order chi connectivity index (χ1) is 53.1. The average Bonchev–Trinajstić information content (AvgIpc) is 1.63. The maximum Gasteiger partial charge on any atom is 0.494 e. The van der Waals surface area contributed by atoms with Crippen LogP contribution in [0.3, 0.4) is 0 Å². The molecule has 20 nitrogen and oxygen atoms in total. The van der Waals surface area contributed by atoms with E-state index in [4.69, 9.17) is 67.6 Å². The maximum atomic E-state index is 11.1. The summed E-state index contributed by atoms with van der Waals surface area (Å²) in [4.78, 5) is 63.8. The van der Waals surface area contributed by atoms with E-state index >= 15 is 0 Å². The SMILES string of the molecule is CC1(C)OB(c2ccc(OCCCCCC(=O)O)cc2)OC1(C)C.CCOC(=O)CCCCCBr.CCOC(=O)CCCCCOc1ccc(Br)cc1.CCOC(=O)CCCCCOc1ccc(Br)cc1.O=C(O)CCCCCOc1ccc(Br)cc1.O=C(O)CCCCCOc1ccc(Br)cc1.Oc1ccc(Br)cc1. The van der Waals surface area contributed by atoms with E-state index in [9.17, 15) is 28.8 Å².